The van der Waals surface area contributed by atoms with Gasteiger partial charge >= 0.3 is 5.97 Å². The molecule has 4 nitrogen and oxygen atoms in total. The van der Waals surface area contributed by atoms with Crippen LogP contribution in [0, 0.1) is 0 Å². The van der Waals surface area contributed by atoms with E-state index in [9.17, 15) is 4.79 Å². The second-order valence-corrected chi connectivity index (χ2v) is 5.05. The molecule has 1 aromatic rings. The van der Waals surface area contributed by atoms with E-state index in [1.807, 2.05) is 36.4 Å². The van der Waals surface area contributed by atoms with Gasteiger partial charge in [-0.3, -0.25) is 0 Å². The van der Waals surface area contributed by atoms with E-state index in [1.165, 1.54) is 6.08 Å². The number of carboxylic acid groups (broad SMARTS) is 1. The first-order chi connectivity index (χ1) is 10.2. The summed E-state index contributed by atoms with van der Waals surface area (Å²) in [5.74, 6) is -0.516. The maximum absolute atomic E-state index is 11.1. The van der Waals surface area contributed by atoms with Crippen molar-refractivity contribution in [2.24, 2.45) is 0 Å². The number of allylic oxidation sites excluding steroid dienone is 2. The zero-order chi connectivity index (χ0) is 14.4. The van der Waals surface area contributed by atoms with E-state index in [0.29, 0.717) is 12.4 Å². The van der Waals surface area contributed by atoms with Crippen molar-refractivity contribution in [1.29, 1.82) is 0 Å². The molecule has 0 radical (unpaired) electrons. The van der Waals surface area contributed by atoms with Gasteiger partial charge in [0, 0.05) is 11.1 Å². The molecule has 0 saturated heterocycles. The Balaban J connectivity index is 1.92. The van der Waals surface area contributed by atoms with Crippen LogP contribution in [0.4, 0.5) is 0 Å². The lowest BCUT2D eigenvalue weighted by Gasteiger charge is -2.32. The Morgan fingerprint density at radius 3 is 2.95 bits per heavy atom. The number of fused-ring (bicyclic) bond motifs is 4. The predicted octanol–water partition coefficient (Wildman–Crippen LogP) is 2.75. The summed E-state index contributed by atoms with van der Waals surface area (Å²) in [6, 6.07) is 7.95. The molecule has 0 bridgehead atoms. The fourth-order valence-corrected chi connectivity index (χ4v) is 2.82. The molecule has 0 spiro atoms. The lowest BCUT2D eigenvalue weighted by Crippen LogP contribution is -2.27. The first kappa shape index (κ1) is 12.2. The number of carboxylic acids is 1. The summed E-state index contributed by atoms with van der Waals surface area (Å²) in [5.41, 5.74) is 3.88. The highest BCUT2D eigenvalue weighted by Crippen LogP contribution is 2.41. The normalized spacial score (nSPS) is 22.4. The van der Waals surface area contributed by atoms with Crippen LogP contribution < -0.4 is 0 Å². The fourth-order valence-electron chi connectivity index (χ4n) is 2.82. The molecule has 0 fully saturated rings. The number of carbonyl (C=O) groups is 1. The van der Waals surface area contributed by atoms with Gasteiger partial charge in [0.2, 0.25) is 5.76 Å². The quantitative estimate of drug-likeness (QED) is 0.859. The van der Waals surface area contributed by atoms with E-state index in [-0.39, 0.29) is 11.9 Å². The molecular weight excluding hydrogens is 268 g/mol. The molecule has 2 aliphatic heterocycles. The maximum Gasteiger partial charge on any atom is 0.371 e. The summed E-state index contributed by atoms with van der Waals surface area (Å²) in [6.45, 7) is 0.416. The standard InChI is InChI=1S/C17H12O4/c18-17(19)14-8-6-11-9-20-13-7-5-10-3-1-2-4-12(10)15(13)16(11)21-14/h1-8,13H,9H2,(H,18,19). The summed E-state index contributed by atoms with van der Waals surface area (Å²) < 4.78 is 11.5. The molecule has 0 amide bonds. The van der Waals surface area contributed by atoms with Crippen molar-refractivity contribution in [3.05, 3.63) is 70.7 Å². The highest BCUT2D eigenvalue weighted by Gasteiger charge is 2.33. The Kier molecular flexibility index (Phi) is 2.59. The molecule has 0 saturated carbocycles. The lowest BCUT2D eigenvalue weighted by molar-refractivity contribution is -0.135. The van der Waals surface area contributed by atoms with Gasteiger partial charge in [-0.05, 0) is 23.3 Å². The molecule has 2 heterocycles. The number of benzene rings is 1. The molecule has 1 N–H and O–H groups in total. The predicted molar refractivity (Wildman–Crippen MR) is 77.0 cm³/mol. The van der Waals surface area contributed by atoms with Crippen molar-refractivity contribution in [2.75, 3.05) is 6.61 Å². The van der Waals surface area contributed by atoms with Gasteiger partial charge in [-0.25, -0.2) is 4.79 Å². The highest BCUT2D eigenvalue weighted by atomic mass is 16.5. The van der Waals surface area contributed by atoms with Crippen molar-refractivity contribution in [3.63, 3.8) is 0 Å². The van der Waals surface area contributed by atoms with Crippen LogP contribution in [0.5, 0.6) is 0 Å². The van der Waals surface area contributed by atoms with Gasteiger partial charge in [-0.15, -0.1) is 0 Å². The van der Waals surface area contributed by atoms with Crippen molar-refractivity contribution >= 4 is 17.6 Å². The number of hydrogen-bond donors (Lipinski definition) is 1. The van der Waals surface area contributed by atoms with Gasteiger partial charge in [0.25, 0.3) is 0 Å². The Labute approximate surface area is 121 Å². The number of hydrogen-bond acceptors (Lipinski definition) is 3. The smallest absolute Gasteiger partial charge is 0.371 e. The molecule has 1 unspecified atom stereocenters. The largest absolute Gasteiger partial charge is 0.475 e. The Hall–Kier alpha value is -2.59. The van der Waals surface area contributed by atoms with Crippen LogP contribution in [-0.2, 0) is 14.3 Å². The van der Waals surface area contributed by atoms with E-state index < -0.39 is 5.97 Å². The van der Waals surface area contributed by atoms with E-state index in [0.717, 1.165) is 22.3 Å². The summed E-state index contributed by atoms with van der Waals surface area (Å²) in [6.07, 6.45) is 7.03. The zero-order valence-electron chi connectivity index (χ0n) is 11.1. The molecule has 4 heteroatoms. The minimum Gasteiger partial charge on any atom is -0.475 e. The van der Waals surface area contributed by atoms with Crippen molar-refractivity contribution in [1.82, 2.24) is 0 Å². The van der Waals surface area contributed by atoms with Crippen LogP contribution in [-0.4, -0.2) is 23.8 Å². The monoisotopic (exact) mass is 280 g/mol. The van der Waals surface area contributed by atoms with Crippen LogP contribution in [0.2, 0.25) is 0 Å². The number of aliphatic carboxylic acids is 1. The summed E-state index contributed by atoms with van der Waals surface area (Å²) in [7, 11) is 0. The van der Waals surface area contributed by atoms with Crippen LogP contribution in [0.15, 0.2) is 59.6 Å². The van der Waals surface area contributed by atoms with Crippen LogP contribution in [0.25, 0.3) is 11.6 Å². The molecule has 4 rings (SSSR count). The van der Waals surface area contributed by atoms with E-state index >= 15 is 0 Å². The SMILES string of the molecule is O=C(O)C1=CC=C2COC3C=Cc4ccccc4C3=C2O1. The van der Waals surface area contributed by atoms with E-state index in [2.05, 4.69) is 0 Å². The molecular formula is C17H12O4. The van der Waals surface area contributed by atoms with Gasteiger partial charge in [0.15, 0.2) is 0 Å². The average molecular weight is 280 g/mol. The van der Waals surface area contributed by atoms with Gasteiger partial charge in [-0.1, -0.05) is 36.4 Å². The summed E-state index contributed by atoms with van der Waals surface area (Å²) in [5, 5.41) is 9.13. The zero-order valence-corrected chi connectivity index (χ0v) is 11.1. The first-order valence-electron chi connectivity index (χ1n) is 6.70. The Bertz CT molecular complexity index is 765. The second-order valence-electron chi connectivity index (χ2n) is 5.05. The second kappa shape index (κ2) is 4.46. The summed E-state index contributed by atoms with van der Waals surface area (Å²) >= 11 is 0. The number of rotatable bonds is 1. The molecule has 0 aromatic heterocycles. The van der Waals surface area contributed by atoms with E-state index in [1.54, 1.807) is 6.08 Å². The van der Waals surface area contributed by atoms with Crippen LogP contribution >= 0.6 is 0 Å². The molecule has 21 heavy (non-hydrogen) atoms. The highest BCUT2D eigenvalue weighted by molar-refractivity contribution is 5.89. The average Bonchev–Trinajstić information content (AvgIpc) is 2.53. The van der Waals surface area contributed by atoms with Gasteiger partial charge in [0.05, 0.1) is 6.61 Å². The van der Waals surface area contributed by atoms with Crippen LogP contribution in [0.1, 0.15) is 11.1 Å². The maximum atomic E-state index is 11.1. The minimum atomic E-state index is -1.07. The molecule has 1 aromatic carbocycles. The molecule has 1 atom stereocenters. The van der Waals surface area contributed by atoms with Gasteiger partial charge in [0.1, 0.15) is 11.9 Å². The topological polar surface area (TPSA) is 55.8 Å². The first-order valence-corrected chi connectivity index (χ1v) is 6.70. The minimum absolute atomic E-state index is 0.0612. The molecule has 1 aliphatic carbocycles. The van der Waals surface area contributed by atoms with Crippen molar-refractivity contribution in [3.8, 4) is 0 Å². The van der Waals surface area contributed by atoms with Gasteiger partial charge in [-0.2, -0.15) is 0 Å². The fraction of sp³-hybridized carbons (Fsp3) is 0.118. The third kappa shape index (κ3) is 1.84. The lowest BCUT2D eigenvalue weighted by atomic mass is 9.86. The third-order valence-corrected chi connectivity index (χ3v) is 3.80. The molecule has 3 aliphatic rings. The number of ether oxygens (including phenoxy) is 2. The Morgan fingerprint density at radius 1 is 1.24 bits per heavy atom. The van der Waals surface area contributed by atoms with Crippen molar-refractivity contribution < 1.29 is 19.4 Å². The third-order valence-electron chi connectivity index (χ3n) is 3.80. The van der Waals surface area contributed by atoms with Crippen molar-refractivity contribution in [2.45, 2.75) is 6.10 Å². The van der Waals surface area contributed by atoms with Crippen LogP contribution in [0.3, 0.4) is 0 Å². The summed E-state index contributed by atoms with van der Waals surface area (Å²) in [4.78, 5) is 11.1. The van der Waals surface area contributed by atoms with Gasteiger partial charge < -0.3 is 14.6 Å². The molecule has 104 valence electrons. The van der Waals surface area contributed by atoms with E-state index in [4.69, 9.17) is 14.6 Å². The Morgan fingerprint density at radius 2 is 2.10 bits per heavy atom.